The van der Waals surface area contributed by atoms with Crippen LogP contribution in [0, 0.1) is 0 Å². The first-order valence-electron chi connectivity index (χ1n) is 10.2. The molecule has 1 heterocycles. The summed E-state index contributed by atoms with van der Waals surface area (Å²) in [4.78, 5) is 0. The summed E-state index contributed by atoms with van der Waals surface area (Å²) in [5.41, 5.74) is -11.6. The van der Waals surface area contributed by atoms with E-state index in [1.807, 2.05) is 0 Å². The Morgan fingerprint density at radius 3 is 1.11 bits per heavy atom. The second-order valence-electron chi connectivity index (χ2n) is 8.18. The highest BCUT2D eigenvalue weighted by atomic mass is 19.4. The number of rotatable bonds is 4. The van der Waals surface area contributed by atoms with Gasteiger partial charge < -0.3 is 10.1 Å². The Morgan fingerprint density at radius 1 is 0.583 bits per heavy atom. The fourth-order valence-electron chi connectivity index (χ4n) is 4.32. The molecule has 0 bridgehead atoms. The highest BCUT2D eigenvalue weighted by Gasteiger charge is 2.49. The third-order valence-electron chi connectivity index (χ3n) is 5.91. The maximum Gasteiger partial charge on any atom is 0.416 e. The van der Waals surface area contributed by atoms with E-state index in [0.29, 0.717) is 0 Å². The van der Waals surface area contributed by atoms with Crippen molar-refractivity contribution in [2.75, 3.05) is 13.7 Å². The van der Waals surface area contributed by atoms with Crippen molar-refractivity contribution >= 4 is 0 Å². The standard InChI is InChI=1S/C22H17F12NO/c1-36-18(17-3-2-4-35-17,11-5-13(19(23,24)25)9-14(6-11)20(26,27)28)12-7-15(21(29,30)31)10-16(8-12)22(32,33)34/h5-10,17,35H,2-4H2,1H3/t17-/m1/s1. The highest BCUT2D eigenvalue weighted by molar-refractivity contribution is 5.47. The van der Waals surface area contributed by atoms with Crippen molar-refractivity contribution in [2.45, 2.75) is 49.2 Å². The second-order valence-corrected chi connectivity index (χ2v) is 8.18. The zero-order valence-electron chi connectivity index (χ0n) is 18.1. The fraction of sp³-hybridized carbons (Fsp3) is 0.455. The largest absolute Gasteiger partial charge is 0.416 e. The van der Waals surface area contributed by atoms with Crippen molar-refractivity contribution in [2.24, 2.45) is 0 Å². The molecular formula is C22H17F12NO. The lowest BCUT2D eigenvalue weighted by Gasteiger charge is -2.40. The van der Waals surface area contributed by atoms with E-state index in [4.69, 9.17) is 4.74 Å². The van der Waals surface area contributed by atoms with E-state index in [1.165, 1.54) is 0 Å². The molecule has 3 rings (SSSR count). The van der Waals surface area contributed by atoms with Crippen LogP contribution in [0.25, 0.3) is 0 Å². The van der Waals surface area contributed by atoms with Crippen molar-refractivity contribution in [3.05, 3.63) is 69.8 Å². The van der Waals surface area contributed by atoms with Gasteiger partial charge in [0.2, 0.25) is 0 Å². The molecular weight excluding hydrogens is 522 g/mol. The topological polar surface area (TPSA) is 21.3 Å². The number of alkyl halides is 12. The van der Waals surface area contributed by atoms with E-state index >= 15 is 0 Å². The van der Waals surface area contributed by atoms with Gasteiger partial charge in [0.15, 0.2) is 0 Å². The van der Waals surface area contributed by atoms with Crippen LogP contribution in [0.1, 0.15) is 46.2 Å². The highest BCUT2D eigenvalue weighted by Crippen LogP contribution is 2.47. The first kappa shape index (κ1) is 28.1. The number of hydrogen-bond acceptors (Lipinski definition) is 2. The fourth-order valence-corrected chi connectivity index (χ4v) is 4.32. The van der Waals surface area contributed by atoms with Gasteiger partial charge in [-0.1, -0.05) is 0 Å². The average Bonchev–Trinajstić information content (AvgIpc) is 3.27. The second kappa shape index (κ2) is 9.12. The number of benzene rings is 2. The summed E-state index contributed by atoms with van der Waals surface area (Å²) in [5.74, 6) is 0. The van der Waals surface area contributed by atoms with Crippen LogP contribution in [-0.2, 0) is 35.0 Å². The third-order valence-corrected chi connectivity index (χ3v) is 5.91. The Balaban J connectivity index is 2.46. The lowest BCUT2D eigenvalue weighted by molar-refractivity contribution is -0.144. The van der Waals surface area contributed by atoms with E-state index in [0.717, 1.165) is 7.11 Å². The van der Waals surface area contributed by atoms with Crippen LogP contribution >= 0.6 is 0 Å². The Morgan fingerprint density at radius 2 is 0.889 bits per heavy atom. The van der Waals surface area contributed by atoms with Crippen LogP contribution in [0.5, 0.6) is 0 Å². The minimum atomic E-state index is -5.32. The maximum atomic E-state index is 13.5. The molecule has 0 aliphatic carbocycles. The molecule has 1 atom stereocenters. The van der Waals surface area contributed by atoms with E-state index in [1.54, 1.807) is 0 Å². The molecule has 2 nitrogen and oxygen atoms in total. The van der Waals surface area contributed by atoms with Gasteiger partial charge in [-0.15, -0.1) is 0 Å². The molecule has 0 amide bonds. The summed E-state index contributed by atoms with van der Waals surface area (Å²) in [6.07, 6.45) is -21.0. The third kappa shape index (κ3) is 5.43. The van der Waals surface area contributed by atoms with Crippen LogP contribution in [0.4, 0.5) is 52.7 Å². The Bertz CT molecular complexity index is 952. The van der Waals surface area contributed by atoms with Crippen molar-refractivity contribution in [3.8, 4) is 0 Å². The summed E-state index contributed by atoms with van der Waals surface area (Å²) in [5, 5.41) is 2.73. The lowest BCUT2D eigenvalue weighted by atomic mass is 9.77. The smallest absolute Gasteiger partial charge is 0.367 e. The van der Waals surface area contributed by atoms with Crippen molar-refractivity contribution in [1.82, 2.24) is 5.32 Å². The van der Waals surface area contributed by atoms with Crippen molar-refractivity contribution in [1.29, 1.82) is 0 Å². The number of hydrogen-bond donors (Lipinski definition) is 1. The molecule has 2 aromatic rings. The summed E-state index contributed by atoms with van der Waals surface area (Å²) < 4.78 is 168. The maximum absolute atomic E-state index is 13.5. The van der Waals surface area contributed by atoms with Gasteiger partial charge in [-0.2, -0.15) is 52.7 Å². The van der Waals surface area contributed by atoms with Gasteiger partial charge in [0.05, 0.1) is 22.3 Å². The van der Waals surface area contributed by atoms with Crippen LogP contribution < -0.4 is 5.32 Å². The zero-order chi connectivity index (χ0) is 27.3. The van der Waals surface area contributed by atoms with Gasteiger partial charge in [0.25, 0.3) is 0 Å². The number of halogens is 12. The molecule has 0 radical (unpaired) electrons. The first-order valence-corrected chi connectivity index (χ1v) is 10.2. The summed E-state index contributed by atoms with van der Waals surface area (Å²) in [6.45, 7) is 0.145. The van der Waals surface area contributed by atoms with Gasteiger partial charge in [-0.05, 0) is 66.9 Å². The molecule has 14 heteroatoms. The van der Waals surface area contributed by atoms with Crippen LogP contribution in [0.2, 0.25) is 0 Å². The van der Waals surface area contributed by atoms with Crippen molar-refractivity contribution in [3.63, 3.8) is 0 Å². The van der Waals surface area contributed by atoms with Crippen LogP contribution in [0.15, 0.2) is 36.4 Å². The van der Waals surface area contributed by atoms with Crippen LogP contribution in [0.3, 0.4) is 0 Å². The minimum Gasteiger partial charge on any atom is -0.367 e. The predicted octanol–water partition coefficient (Wildman–Crippen LogP) is 7.40. The molecule has 36 heavy (non-hydrogen) atoms. The van der Waals surface area contributed by atoms with Crippen LogP contribution in [-0.4, -0.2) is 19.7 Å². The molecule has 1 saturated heterocycles. The molecule has 1 aliphatic rings. The van der Waals surface area contributed by atoms with Gasteiger partial charge >= 0.3 is 24.7 Å². The molecule has 0 saturated carbocycles. The van der Waals surface area contributed by atoms with Gasteiger partial charge in [0.1, 0.15) is 5.60 Å². The summed E-state index contributed by atoms with van der Waals surface area (Å²) >= 11 is 0. The van der Waals surface area contributed by atoms with Gasteiger partial charge in [0, 0.05) is 13.2 Å². The quantitative estimate of drug-likeness (QED) is 0.409. The first-order chi connectivity index (χ1) is 16.3. The molecule has 0 aromatic heterocycles. The van der Waals surface area contributed by atoms with E-state index in [9.17, 15) is 52.7 Å². The number of ether oxygens (including phenoxy) is 1. The predicted molar refractivity (Wildman–Crippen MR) is 102 cm³/mol. The molecule has 1 aliphatic heterocycles. The molecule has 200 valence electrons. The van der Waals surface area contributed by atoms with E-state index < -0.39 is 69.7 Å². The van der Waals surface area contributed by atoms with Gasteiger partial charge in [-0.25, -0.2) is 0 Å². The molecule has 0 spiro atoms. The Hall–Kier alpha value is -2.48. The summed E-state index contributed by atoms with van der Waals surface area (Å²) in [6, 6.07) is -0.674. The minimum absolute atomic E-state index is 0.0248. The van der Waals surface area contributed by atoms with E-state index in [-0.39, 0.29) is 55.8 Å². The molecule has 1 fully saturated rings. The average molecular weight is 539 g/mol. The Kier molecular flexibility index (Phi) is 7.12. The monoisotopic (exact) mass is 539 g/mol. The number of methoxy groups -OCH3 is 1. The summed E-state index contributed by atoms with van der Waals surface area (Å²) in [7, 11) is 0.793. The van der Waals surface area contributed by atoms with Crippen molar-refractivity contribution < 1.29 is 57.4 Å². The van der Waals surface area contributed by atoms with Gasteiger partial charge in [-0.3, -0.25) is 0 Å². The SMILES string of the molecule is COC(c1cc(C(F)(F)F)cc(C(F)(F)F)c1)(c1cc(C(F)(F)F)cc(C(F)(F)F)c1)[C@H]1CCCN1. The zero-order valence-corrected chi connectivity index (χ0v) is 18.1. The Labute approximate surface area is 196 Å². The number of nitrogens with one attached hydrogen (secondary N) is 1. The molecule has 2 aromatic carbocycles. The molecule has 1 N–H and O–H groups in total. The van der Waals surface area contributed by atoms with E-state index in [2.05, 4.69) is 5.32 Å². The molecule has 0 unspecified atom stereocenters. The lowest BCUT2D eigenvalue weighted by Crippen LogP contribution is -2.48. The normalized spacial score (nSPS) is 18.1.